The van der Waals surface area contributed by atoms with Crippen LogP contribution in [0.1, 0.15) is 37.3 Å². The number of aliphatic carboxylic acids is 1. The summed E-state index contributed by atoms with van der Waals surface area (Å²) < 4.78 is 11.0. The van der Waals surface area contributed by atoms with E-state index < -0.39 is 12.0 Å². The summed E-state index contributed by atoms with van der Waals surface area (Å²) in [7, 11) is 0. The van der Waals surface area contributed by atoms with Crippen molar-refractivity contribution in [3.05, 3.63) is 84.3 Å². The van der Waals surface area contributed by atoms with Crippen LogP contribution in [0.3, 0.4) is 0 Å². The fourth-order valence-corrected chi connectivity index (χ4v) is 3.35. The van der Waals surface area contributed by atoms with E-state index in [-0.39, 0.29) is 37.8 Å². The molecule has 0 aliphatic rings. The molecule has 2 aromatic carbocycles. The largest absolute Gasteiger partial charge is 0.497 e. The number of nitrogens with zero attached hydrogens (tertiary/aromatic N) is 1. The Morgan fingerprint density at radius 3 is 2.14 bits per heavy atom. The Labute approximate surface area is 218 Å². The second-order valence-electron chi connectivity index (χ2n) is 8.47. The highest BCUT2D eigenvalue weighted by atomic mass is 16.5. The van der Waals surface area contributed by atoms with Gasteiger partial charge in [0, 0.05) is 38.7 Å². The maximum Gasteiger partial charge on any atom is 0.303 e. The molecule has 3 N–H and O–H groups in total. The number of hydrogen-bond acceptors (Lipinski definition) is 6. The van der Waals surface area contributed by atoms with Crippen molar-refractivity contribution < 1.29 is 29.0 Å². The van der Waals surface area contributed by atoms with Crippen molar-refractivity contribution in [3.63, 3.8) is 0 Å². The third-order valence-corrected chi connectivity index (χ3v) is 5.28. The lowest BCUT2D eigenvalue weighted by molar-refractivity contribution is -0.137. The van der Waals surface area contributed by atoms with Gasteiger partial charge in [-0.1, -0.05) is 60.7 Å². The first-order valence-electron chi connectivity index (χ1n) is 12.4. The summed E-state index contributed by atoms with van der Waals surface area (Å²) in [5.41, 5.74) is 2.41. The van der Waals surface area contributed by atoms with Crippen molar-refractivity contribution in [3.8, 4) is 0 Å². The van der Waals surface area contributed by atoms with Gasteiger partial charge in [-0.15, -0.1) is 0 Å². The van der Waals surface area contributed by atoms with Crippen LogP contribution in [0.4, 0.5) is 0 Å². The SMILES string of the molecule is CC(NC(=O)CCOCCOC=CN(Cc1ccccc1)Cc1ccccc1)C(=O)NCCCC(=O)O. The van der Waals surface area contributed by atoms with Crippen LogP contribution in [0, 0.1) is 0 Å². The van der Waals surface area contributed by atoms with E-state index in [0.717, 1.165) is 13.1 Å². The summed E-state index contributed by atoms with van der Waals surface area (Å²) in [5, 5.41) is 13.8. The van der Waals surface area contributed by atoms with Crippen LogP contribution in [-0.4, -0.2) is 60.2 Å². The number of benzene rings is 2. The van der Waals surface area contributed by atoms with Crippen molar-refractivity contribution in [2.75, 3.05) is 26.4 Å². The highest BCUT2D eigenvalue weighted by molar-refractivity contribution is 5.87. The van der Waals surface area contributed by atoms with Crippen molar-refractivity contribution in [1.82, 2.24) is 15.5 Å². The molecule has 0 fully saturated rings. The van der Waals surface area contributed by atoms with Crippen LogP contribution in [0.25, 0.3) is 0 Å². The van der Waals surface area contributed by atoms with Crippen molar-refractivity contribution in [1.29, 1.82) is 0 Å². The highest BCUT2D eigenvalue weighted by Crippen LogP contribution is 2.10. The van der Waals surface area contributed by atoms with Crippen LogP contribution >= 0.6 is 0 Å². The van der Waals surface area contributed by atoms with E-state index in [1.54, 1.807) is 13.2 Å². The molecular formula is C28H37N3O6. The number of carboxylic acids is 1. The molecule has 0 bridgehead atoms. The Hall–Kier alpha value is -3.85. The molecule has 9 nitrogen and oxygen atoms in total. The molecule has 0 aliphatic heterocycles. The summed E-state index contributed by atoms with van der Waals surface area (Å²) in [6, 6.07) is 19.7. The number of amides is 2. The number of carboxylic acid groups (broad SMARTS) is 1. The zero-order chi connectivity index (χ0) is 26.7. The van der Waals surface area contributed by atoms with Gasteiger partial charge < -0.3 is 30.1 Å². The number of nitrogens with one attached hydrogen (secondary N) is 2. The molecule has 0 saturated carbocycles. The first-order chi connectivity index (χ1) is 17.9. The monoisotopic (exact) mass is 511 g/mol. The number of carbonyl (C=O) groups is 3. The Morgan fingerprint density at radius 2 is 1.54 bits per heavy atom. The predicted molar refractivity (Wildman–Crippen MR) is 140 cm³/mol. The Kier molecular flexibility index (Phi) is 13.9. The first-order valence-corrected chi connectivity index (χ1v) is 12.4. The van der Waals surface area contributed by atoms with E-state index in [2.05, 4.69) is 39.8 Å². The molecule has 0 aromatic heterocycles. The molecule has 9 heteroatoms. The molecule has 2 aromatic rings. The number of ether oxygens (including phenoxy) is 2. The third kappa shape index (κ3) is 13.7. The summed E-state index contributed by atoms with van der Waals surface area (Å²) >= 11 is 0. The van der Waals surface area contributed by atoms with E-state index in [1.807, 2.05) is 42.6 Å². The minimum absolute atomic E-state index is 0.0164. The normalized spacial score (nSPS) is 11.6. The minimum atomic E-state index is -0.912. The molecule has 37 heavy (non-hydrogen) atoms. The lowest BCUT2D eigenvalue weighted by Gasteiger charge is -2.20. The van der Waals surface area contributed by atoms with E-state index in [9.17, 15) is 14.4 Å². The van der Waals surface area contributed by atoms with Gasteiger partial charge >= 0.3 is 5.97 Å². The van der Waals surface area contributed by atoms with Crippen molar-refractivity contribution in [2.24, 2.45) is 0 Å². The fourth-order valence-electron chi connectivity index (χ4n) is 3.35. The van der Waals surface area contributed by atoms with Crippen LogP contribution in [0.2, 0.25) is 0 Å². The number of carbonyl (C=O) groups excluding carboxylic acids is 2. The third-order valence-electron chi connectivity index (χ3n) is 5.28. The Bertz CT molecular complexity index is 927. The maximum absolute atomic E-state index is 12.0. The van der Waals surface area contributed by atoms with Gasteiger partial charge in [0.1, 0.15) is 12.6 Å². The van der Waals surface area contributed by atoms with Crippen molar-refractivity contribution in [2.45, 2.75) is 45.3 Å². The molecule has 0 aliphatic carbocycles. The zero-order valence-corrected chi connectivity index (χ0v) is 21.3. The minimum Gasteiger partial charge on any atom is -0.497 e. The van der Waals surface area contributed by atoms with Gasteiger partial charge in [-0.3, -0.25) is 14.4 Å². The summed E-state index contributed by atoms with van der Waals surface area (Å²) in [6.07, 6.45) is 4.01. The quantitative estimate of drug-likeness (QED) is 0.208. The average Bonchev–Trinajstić information content (AvgIpc) is 2.89. The van der Waals surface area contributed by atoms with Gasteiger partial charge in [-0.2, -0.15) is 0 Å². The fraction of sp³-hybridized carbons (Fsp3) is 0.393. The molecule has 2 rings (SSSR count). The second kappa shape index (κ2) is 17.6. The topological polar surface area (TPSA) is 117 Å². The van der Waals surface area contributed by atoms with Gasteiger partial charge in [0.25, 0.3) is 0 Å². The van der Waals surface area contributed by atoms with Gasteiger partial charge in [0.05, 0.1) is 19.5 Å². The van der Waals surface area contributed by atoms with Gasteiger partial charge in [0.15, 0.2) is 0 Å². The lowest BCUT2D eigenvalue weighted by Crippen LogP contribution is -2.45. The molecule has 200 valence electrons. The van der Waals surface area contributed by atoms with E-state index in [1.165, 1.54) is 11.1 Å². The summed E-state index contributed by atoms with van der Waals surface area (Å²) in [4.78, 5) is 36.6. The molecule has 0 heterocycles. The average molecular weight is 512 g/mol. The van der Waals surface area contributed by atoms with Crippen LogP contribution in [0.5, 0.6) is 0 Å². The summed E-state index contributed by atoms with van der Waals surface area (Å²) in [5.74, 6) is -1.56. The molecule has 1 unspecified atom stereocenters. The number of hydrogen-bond donors (Lipinski definition) is 3. The smallest absolute Gasteiger partial charge is 0.303 e. The number of rotatable bonds is 18. The zero-order valence-electron chi connectivity index (χ0n) is 21.3. The summed E-state index contributed by atoms with van der Waals surface area (Å²) in [6.45, 7) is 4.20. The molecule has 2 amide bonds. The van der Waals surface area contributed by atoms with Crippen LogP contribution in [-0.2, 0) is 36.9 Å². The van der Waals surface area contributed by atoms with Crippen LogP contribution < -0.4 is 10.6 Å². The molecule has 0 saturated heterocycles. The lowest BCUT2D eigenvalue weighted by atomic mass is 10.2. The Morgan fingerprint density at radius 1 is 0.919 bits per heavy atom. The molecular weight excluding hydrogens is 474 g/mol. The van der Waals surface area contributed by atoms with Gasteiger partial charge in [-0.25, -0.2) is 0 Å². The van der Waals surface area contributed by atoms with Gasteiger partial charge in [0.2, 0.25) is 11.8 Å². The predicted octanol–water partition coefficient (Wildman–Crippen LogP) is 3.07. The van der Waals surface area contributed by atoms with E-state index in [0.29, 0.717) is 19.6 Å². The first kappa shape index (κ1) is 29.4. The van der Waals surface area contributed by atoms with Crippen molar-refractivity contribution >= 4 is 17.8 Å². The van der Waals surface area contributed by atoms with E-state index >= 15 is 0 Å². The van der Waals surface area contributed by atoms with Crippen LogP contribution in [0.15, 0.2) is 73.1 Å². The standard InChI is InChI=1S/C28H37N3O6/c1-23(28(35)29-15-8-13-27(33)34)30-26(32)14-17-36-19-20-37-18-16-31(21-24-9-4-2-5-10-24)22-25-11-6-3-7-12-25/h2-7,9-12,16,18,23H,8,13-15,17,19-22H2,1H3,(H,29,35)(H,30,32)(H,33,34). The second-order valence-corrected chi connectivity index (χ2v) is 8.47. The molecule has 0 spiro atoms. The highest BCUT2D eigenvalue weighted by Gasteiger charge is 2.15. The van der Waals surface area contributed by atoms with Gasteiger partial charge in [-0.05, 0) is 24.5 Å². The maximum atomic E-state index is 12.0. The molecule has 1 atom stereocenters. The Balaban J connectivity index is 1.61. The van der Waals surface area contributed by atoms with E-state index in [4.69, 9.17) is 14.6 Å². The molecule has 0 radical (unpaired) electrons.